The number of nitrogens with one attached hydrogen (secondary N) is 4. The highest BCUT2D eigenvalue weighted by Crippen LogP contribution is 2.32. The van der Waals surface area contributed by atoms with Gasteiger partial charge in [-0.25, -0.2) is 29.1 Å². The van der Waals surface area contributed by atoms with Crippen LogP contribution in [0.15, 0.2) is 67.3 Å². The standard InChI is InChI=1S/C24H39N3O5.C19H35NO3.C16H25NO4.C14H25NO6/c1-6-7-8-9-10-11-24(31,17-28)13-12-23(4,21(30)32-5)27-20(29)22(2,3)14-19-15-25-18-26-16-19;1-6-8-9-10-11-14-19(4,13-7-2)15-12-17(18(22)23-5)20-16(3)21;1-5-6-7-8-9-11-16(3,20)12-10-14(15(19)21-4)17-13(2)18;1-5-20-8-9-21-10-14(3,18)7-6-12(13(17)19-4)15-11(2)16/h12-13,15-16,18,28,31H,6-11,14,17H2,1-5H3,(H,27,29);12,15,17H,6-11,13-14H2,1-5H3,(H,20,21);10,12,14,20H,5,8-9,11H2,1-4H3,(H,17,18);6-7,12,18H,5,8-10H2,1-4H3,(H,15,16)/b13-12+;15-12+;12-10+;7-6+/t23-,24?;17-,19?;14-,16?;12-,14?/m0000/s1. The van der Waals surface area contributed by atoms with E-state index in [1.165, 1.54) is 138 Å². The molecule has 8 atom stereocenters. The molecule has 0 saturated heterocycles. The van der Waals surface area contributed by atoms with Crippen LogP contribution < -0.4 is 21.3 Å². The molecule has 554 valence electrons. The average molecular weight is 1370 g/mol. The number of aromatic nitrogens is 2. The molecule has 97 heavy (non-hydrogen) atoms. The predicted molar refractivity (Wildman–Crippen MR) is 376 cm³/mol. The Kier molecular flexibility index (Phi) is 51.7. The average Bonchev–Trinajstić information content (AvgIpc) is 0.845. The fraction of sp³-hybridized carbons (Fsp3) is 0.699. The Balaban J connectivity index is -0.00000124. The van der Waals surface area contributed by atoms with E-state index in [-0.39, 0.29) is 35.7 Å². The van der Waals surface area contributed by atoms with Crippen molar-refractivity contribution >= 4 is 47.5 Å². The maximum absolute atomic E-state index is 13.1. The van der Waals surface area contributed by atoms with Crippen molar-refractivity contribution in [3.8, 4) is 11.8 Å². The quantitative estimate of drug-likeness (QED) is 0.00996. The van der Waals surface area contributed by atoms with E-state index in [1.807, 2.05) is 13.8 Å². The fourth-order valence-electron chi connectivity index (χ4n) is 9.31. The molecular formula is C73H124N6O18. The first kappa shape index (κ1) is 94.3. The zero-order valence-electron chi connectivity index (χ0n) is 62.0. The van der Waals surface area contributed by atoms with Crippen LogP contribution in [0.2, 0.25) is 0 Å². The van der Waals surface area contributed by atoms with Crippen LogP contribution in [-0.2, 0) is 73.2 Å². The maximum Gasteiger partial charge on any atom is 0.335 e. The van der Waals surface area contributed by atoms with Crippen LogP contribution in [0.5, 0.6) is 0 Å². The molecule has 8 N–H and O–H groups in total. The van der Waals surface area contributed by atoms with Gasteiger partial charge in [-0.2, -0.15) is 0 Å². The number of ether oxygens (including phenoxy) is 6. The van der Waals surface area contributed by atoms with Crippen molar-refractivity contribution in [2.45, 2.75) is 259 Å². The molecule has 0 bridgehead atoms. The van der Waals surface area contributed by atoms with Gasteiger partial charge in [-0.15, -0.1) is 11.8 Å². The Bertz CT molecular complexity index is 2600. The molecule has 0 saturated carbocycles. The summed E-state index contributed by atoms with van der Waals surface area (Å²) in [7, 11) is 5.04. The molecule has 0 aliphatic carbocycles. The van der Waals surface area contributed by atoms with Crippen LogP contribution in [0.25, 0.3) is 0 Å². The second-order valence-electron chi connectivity index (χ2n) is 25.5. The Morgan fingerprint density at radius 2 is 1.00 bits per heavy atom. The molecule has 1 rings (SSSR count). The van der Waals surface area contributed by atoms with Crippen molar-refractivity contribution in [3.63, 3.8) is 0 Å². The zero-order chi connectivity index (χ0) is 74.6. The summed E-state index contributed by atoms with van der Waals surface area (Å²) < 4.78 is 29.2. The third-order valence-corrected chi connectivity index (χ3v) is 14.9. The van der Waals surface area contributed by atoms with Gasteiger partial charge in [0.25, 0.3) is 0 Å². The largest absolute Gasteiger partial charge is 0.467 e. The number of amides is 4. The van der Waals surface area contributed by atoms with Crippen LogP contribution in [-0.4, -0.2) is 180 Å². The number of carbonyl (C=O) groups is 8. The van der Waals surface area contributed by atoms with E-state index in [0.717, 1.165) is 76.2 Å². The van der Waals surface area contributed by atoms with Gasteiger partial charge in [-0.05, 0) is 83.3 Å². The summed E-state index contributed by atoms with van der Waals surface area (Å²) in [6, 6.07) is -2.53. The highest BCUT2D eigenvalue weighted by atomic mass is 16.5. The number of allylic oxidation sites excluding steroid dienone is 1. The Hall–Kier alpha value is -6.88. The minimum absolute atomic E-state index is 0.0462. The zero-order valence-corrected chi connectivity index (χ0v) is 62.0. The molecule has 1 aromatic heterocycles. The summed E-state index contributed by atoms with van der Waals surface area (Å²) in [4.78, 5) is 102. The molecule has 24 nitrogen and oxygen atoms in total. The molecule has 0 fully saturated rings. The van der Waals surface area contributed by atoms with E-state index in [1.54, 1.807) is 39.2 Å². The number of esters is 4. The van der Waals surface area contributed by atoms with Gasteiger partial charge in [0, 0.05) is 58.0 Å². The Morgan fingerprint density at radius 1 is 0.536 bits per heavy atom. The van der Waals surface area contributed by atoms with Crippen LogP contribution in [0.1, 0.15) is 218 Å². The molecule has 0 aliphatic heterocycles. The number of aliphatic hydroxyl groups is 4. The topological polar surface area (TPSA) is 347 Å². The van der Waals surface area contributed by atoms with E-state index < -0.39 is 76.4 Å². The number of hydrogen-bond acceptors (Lipinski definition) is 20. The van der Waals surface area contributed by atoms with E-state index >= 15 is 0 Å². The highest BCUT2D eigenvalue weighted by Gasteiger charge is 2.40. The van der Waals surface area contributed by atoms with Gasteiger partial charge in [0.05, 0.1) is 60.5 Å². The van der Waals surface area contributed by atoms with Crippen molar-refractivity contribution in [2.75, 3.05) is 61.5 Å². The van der Waals surface area contributed by atoms with E-state index in [9.17, 15) is 58.8 Å². The lowest BCUT2D eigenvalue weighted by Gasteiger charge is -2.32. The lowest BCUT2D eigenvalue weighted by molar-refractivity contribution is -0.149. The van der Waals surface area contributed by atoms with Crippen LogP contribution in [0.3, 0.4) is 0 Å². The minimum atomic E-state index is -1.51. The van der Waals surface area contributed by atoms with E-state index in [2.05, 4.69) is 86.3 Å². The number of hydrogen-bond donors (Lipinski definition) is 8. The summed E-state index contributed by atoms with van der Waals surface area (Å²) in [5.74, 6) is 2.36. The van der Waals surface area contributed by atoms with Gasteiger partial charge in [0.2, 0.25) is 23.6 Å². The normalized spacial score (nSPS) is 15.3. The molecule has 0 aliphatic rings. The summed E-state index contributed by atoms with van der Waals surface area (Å²) in [5, 5.41) is 51.1. The van der Waals surface area contributed by atoms with E-state index in [4.69, 9.17) is 18.9 Å². The van der Waals surface area contributed by atoms with Crippen molar-refractivity contribution in [1.29, 1.82) is 0 Å². The van der Waals surface area contributed by atoms with Crippen molar-refractivity contribution in [3.05, 3.63) is 72.9 Å². The molecule has 1 heterocycles. The third-order valence-electron chi connectivity index (χ3n) is 14.9. The van der Waals surface area contributed by atoms with Gasteiger partial charge in [-0.3, -0.25) is 19.2 Å². The maximum atomic E-state index is 13.1. The SMILES string of the molecule is CCC#CCCCC(C)(O)/C=C/[C@H](NC(C)=O)C(=O)OC.CCCCCCCC(C)(/C=C/[C@H](NC(C)=O)C(=O)OC)CCC.CCCCCCCC(O)(/C=C/[C@](C)(NC(=O)C(C)(C)Cc1cncnc1)C(=O)OC)CO.CCOCCOCC(C)(O)/C=C/[C@H](NC(C)=O)C(=O)OC. The minimum Gasteiger partial charge on any atom is -0.467 e. The first-order valence-electron chi connectivity index (χ1n) is 33.9. The summed E-state index contributed by atoms with van der Waals surface area (Å²) >= 11 is 0. The number of carbonyl (C=O) groups excluding carboxylic acids is 8. The van der Waals surface area contributed by atoms with Crippen molar-refractivity contribution in [2.24, 2.45) is 10.8 Å². The first-order chi connectivity index (χ1) is 45.5. The van der Waals surface area contributed by atoms with Gasteiger partial charge in [0.15, 0.2) is 5.54 Å². The van der Waals surface area contributed by atoms with Gasteiger partial charge in [0.1, 0.15) is 35.7 Å². The number of methoxy groups -OCH3 is 4. The third kappa shape index (κ3) is 47.7. The number of unbranched alkanes of at least 4 members (excludes halogenated alkanes) is 9. The van der Waals surface area contributed by atoms with Crippen molar-refractivity contribution < 1.29 is 87.2 Å². The predicted octanol–water partition coefficient (Wildman–Crippen LogP) is 8.70. The second-order valence-corrected chi connectivity index (χ2v) is 25.5. The van der Waals surface area contributed by atoms with Crippen molar-refractivity contribution in [1.82, 2.24) is 31.2 Å². The molecule has 0 aromatic carbocycles. The summed E-state index contributed by atoms with van der Waals surface area (Å²) in [6.07, 6.45) is 35.3. The fourth-order valence-corrected chi connectivity index (χ4v) is 9.31. The Labute approximate surface area is 580 Å². The van der Waals surface area contributed by atoms with Crippen LogP contribution in [0.4, 0.5) is 0 Å². The number of rotatable bonds is 43. The van der Waals surface area contributed by atoms with E-state index in [0.29, 0.717) is 39.1 Å². The van der Waals surface area contributed by atoms with Gasteiger partial charge < -0.3 is 70.1 Å². The first-order valence-corrected chi connectivity index (χ1v) is 33.9. The smallest absolute Gasteiger partial charge is 0.335 e. The van der Waals surface area contributed by atoms with Crippen LogP contribution in [0, 0.1) is 22.7 Å². The molecule has 0 spiro atoms. The van der Waals surface area contributed by atoms with Gasteiger partial charge >= 0.3 is 23.9 Å². The lowest BCUT2D eigenvalue weighted by Crippen LogP contribution is -2.55. The van der Waals surface area contributed by atoms with Crippen LogP contribution >= 0.6 is 0 Å². The lowest BCUT2D eigenvalue weighted by atomic mass is 9.80. The molecular weight excluding hydrogens is 1250 g/mol. The number of aliphatic hydroxyl groups excluding tert-OH is 1. The molecule has 24 heteroatoms. The summed E-state index contributed by atoms with van der Waals surface area (Å²) in [5.41, 5.74) is -5.33. The second kappa shape index (κ2) is 53.1. The summed E-state index contributed by atoms with van der Waals surface area (Å²) in [6.45, 7) is 25.8. The number of nitrogens with zero attached hydrogens (tertiary/aromatic N) is 2. The molecule has 1 aromatic rings. The highest BCUT2D eigenvalue weighted by molar-refractivity contribution is 5.92. The molecule has 0 radical (unpaired) electrons. The molecule has 4 unspecified atom stereocenters. The monoisotopic (exact) mass is 1370 g/mol. The van der Waals surface area contributed by atoms with Gasteiger partial charge in [-0.1, -0.05) is 162 Å². The Morgan fingerprint density at radius 3 is 1.43 bits per heavy atom. The molecule has 4 amide bonds.